The Bertz CT molecular complexity index is 986. The fourth-order valence-corrected chi connectivity index (χ4v) is 2.37. The molecule has 2 aromatic carbocycles. The first kappa shape index (κ1) is 17.5. The fourth-order valence-electron chi connectivity index (χ4n) is 2.37. The van der Waals surface area contributed by atoms with E-state index >= 15 is 0 Å². The Morgan fingerprint density at radius 1 is 1.08 bits per heavy atom. The van der Waals surface area contributed by atoms with Crippen molar-refractivity contribution in [3.05, 3.63) is 70.0 Å². The molecule has 26 heavy (non-hydrogen) atoms. The van der Waals surface area contributed by atoms with E-state index in [0.717, 1.165) is 12.1 Å². The molecule has 3 rings (SSSR count). The molecule has 0 unspecified atom stereocenters. The van der Waals surface area contributed by atoms with Gasteiger partial charge in [0, 0.05) is 11.8 Å². The van der Waals surface area contributed by atoms with Gasteiger partial charge >= 0.3 is 6.18 Å². The van der Waals surface area contributed by atoms with Crippen LogP contribution in [0.15, 0.2) is 58.3 Å². The summed E-state index contributed by atoms with van der Waals surface area (Å²) in [6.07, 6.45) is -3.09. The summed E-state index contributed by atoms with van der Waals surface area (Å²) in [7, 11) is 1.53. The van der Waals surface area contributed by atoms with Crippen molar-refractivity contribution < 1.29 is 17.9 Å². The standard InChI is InChI=1S/C18H14F3N3O2/c1-26-14-4-2-3-11(9-14)16-15(17(25)24-23-16)10-22-13-7-5-12(6-8-13)18(19,20)21/h2-10H,1H3,(H2,23,24,25). The highest BCUT2D eigenvalue weighted by Gasteiger charge is 2.29. The van der Waals surface area contributed by atoms with Crippen LogP contribution in [0, 0.1) is 0 Å². The van der Waals surface area contributed by atoms with Crippen LogP contribution >= 0.6 is 0 Å². The highest BCUT2D eigenvalue weighted by atomic mass is 19.4. The van der Waals surface area contributed by atoms with Crippen LogP contribution in [0.1, 0.15) is 11.1 Å². The number of aromatic nitrogens is 2. The average molecular weight is 361 g/mol. The second-order valence-corrected chi connectivity index (χ2v) is 5.40. The lowest BCUT2D eigenvalue weighted by Gasteiger charge is -2.05. The number of nitrogens with zero attached hydrogens (tertiary/aromatic N) is 1. The molecule has 0 bridgehead atoms. The van der Waals surface area contributed by atoms with E-state index in [-0.39, 0.29) is 5.56 Å². The SMILES string of the molecule is COc1cccc(-c2[nH][nH]c(=O)c2C=Nc2ccc(C(F)(F)F)cc2)c1. The molecule has 2 N–H and O–H groups in total. The molecule has 0 spiro atoms. The maximum absolute atomic E-state index is 12.6. The number of halogens is 3. The molecule has 5 nitrogen and oxygen atoms in total. The van der Waals surface area contributed by atoms with Crippen LogP contribution in [0.4, 0.5) is 18.9 Å². The van der Waals surface area contributed by atoms with Crippen molar-refractivity contribution in [2.75, 3.05) is 7.11 Å². The van der Waals surface area contributed by atoms with Crippen LogP contribution in [-0.2, 0) is 6.18 Å². The van der Waals surface area contributed by atoms with E-state index in [1.807, 2.05) is 0 Å². The van der Waals surface area contributed by atoms with Gasteiger partial charge in [-0.15, -0.1) is 0 Å². The molecule has 134 valence electrons. The normalized spacial score (nSPS) is 11.8. The van der Waals surface area contributed by atoms with Crippen molar-refractivity contribution >= 4 is 11.9 Å². The highest BCUT2D eigenvalue weighted by Crippen LogP contribution is 2.30. The number of H-pyrrole nitrogens is 2. The van der Waals surface area contributed by atoms with Crippen molar-refractivity contribution in [2.45, 2.75) is 6.18 Å². The third-order valence-corrected chi connectivity index (χ3v) is 3.71. The maximum Gasteiger partial charge on any atom is 0.416 e. The van der Waals surface area contributed by atoms with Gasteiger partial charge in [0.2, 0.25) is 0 Å². The van der Waals surface area contributed by atoms with Gasteiger partial charge in [0.25, 0.3) is 5.56 Å². The van der Waals surface area contributed by atoms with Gasteiger partial charge in [0.05, 0.1) is 29.6 Å². The topological polar surface area (TPSA) is 70.2 Å². The van der Waals surface area contributed by atoms with E-state index in [4.69, 9.17) is 4.74 Å². The highest BCUT2D eigenvalue weighted by molar-refractivity contribution is 5.89. The van der Waals surface area contributed by atoms with E-state index in [2.05, 4.69) is 15.2 Å². The number of ether oxygens (including phenoxy) is 1. The number of hydrogen-bond acceptors (Lipinski definition) is 3. The van der Waals surface area contributed by atoms with Crippen LogP contribution in [0.5, 0.6) is 5.75 Å². The van der Waals surface area contributed by atoms with E-state index in [1.54, 1.807) is 24.3 Å². The number of aromatic amines is 2. The molecule has 0 radical (unpaired) electrons. The molecule has 0 aliphatic rings. The van der Waals surface area contributed by atoms with Crippen LogP contribution in [0.3, 0.4) is 0 Å². The monoisotopic (exact) mass is 361 g/mol. The van der Waals surface area contributed by atoms with E-state index in [1.165, 1.54) is 25.5 Å². The first-order chi connectivity index (χ1) is 12.4. The predicted octanol–water partition coefficient (Wildman–Crippen LogP) is 4.15. The predicted molar refractivity (Wildman–Crippen MR) is 92.1 cm³/mol. The Balaban J connectivity index is 1.92. The van der Waals surface area contributed by atoms with Gasteiger partial charge in [-0.3, -0.25) is 20.0 Å². The van der Waals surface area contributed by atoms with Gasteiger partial charge in [-0.2, -0.15) is 13.2 Å². The molecule has 3 aromatic rings. The average Bonchev–Trinajstić information content (AvgIpc) is 3.00. The lowest BCUT2D eigenvalue weighted by Crippen LogP contribution is -2.05. The second kappa shape index (κ2) is 6.91. The fraction of sp³-hybridized carbons (Fsp3) is 0.111. The van der Waals surface area contributed by atoms with Crippen LogP contribution < -0.4 is 10.3 Å². The zero-order chi connectivity index (χ0) is 18.7. The summed E-state index contributed by atoms with van der Waals surface area (Å²) >= 11 is 0. The lowest BCUT2D eigenvalue weighted by molar-refractivity contribution is -0.137. The van der Waals surface area contributed by atoms with Crippen LogP contribution in [-0.4, -0.2) is 23.5 Å². The summed E-state index contributed by atoms with van der Waals surface area (Å²) in [6, 6.07) is 11.4. The number of aliphatic imine (C=N–C) groups is 1. The molecule has 8 heteroatoms. The zero-order valence-electron chi connectivity index (χ0n) is 13.6. The molecule has 0 fully saturated rings. The van der Waals surface area contributed by atoms with Crippen molar-refractivity contribution in [3.63, 3.8) is 0 Å². The molecule has 0 amide bonds. The zero-order valence-corrected chi connectivity index (χ0v) is 13.6. The van der Waals surface area contributed by atoms with E-state index in [0.29, 0.717) is 22.7 Å². The van der Waals surface area contributed by atoms with Crippen molar-refractivity contribution in [2.24, 2.45) is 4.99 Å². The summed E-state index contributed by atoms with van der Waals surface area (Å²) in [4.78, 5) is 16.1. The first-order valence-electron chi connectivity index (χ1n) is 7.55. The molecule has 1 heterocycles. The quantitative estimate of drug-likeness (QED) is 0.686. The molecule has 1 aromatic heterocycles. The summed E-state index contributed by atoms with van der Waals surface area (Å²) in [6.45, 7) is 0. The molecule has 0 saturated heterocycles. The number of benzene rings is 2. The molecule has 0 aliphatic carbocycles. The Hall–Kier alpha value is -3.29. The van der Waals surface area contributed by atoms with Crippen LogP contribution in [0.25, 0.3) is 11.3 Å². The van der Waals surface area contributed by atoms with Gasteiger partial charge in [-0.05, 0) is 36.4 Å². The van der Waals surface area contributed by atoms with Crippen molar-refractivity contribution in [1.82, 2.24) is 10.2 Å². The largest absolute Gasteiger partial charge is 0.497 e. The van der Waals surface area contributed by atoms with Gasteiger partial charge < -0.3 is 4.74 Å². The molecule has 0 saturated carbocycles. The summed E-state index contributed by atoms with van der Waals surface area (Å²) in [5.74, 6) is 0.621. The second-order valence-electron chi connectivity index (χ2n) is 5.40. The minimum absolute atomic E-state index is 0.262. The molecular weight excluding hydrogens is 347 g/mol. The summed E-state index contributed by atoms with van der Waals surface area (Å²) in [5.41, 5.74) is 0.626. The van der Waals surface area contributed by atoms with Crippen LogP contribution in [0.2, 0.25) is 0 Å². The minimum atomic E-state index is -4.40. The number of methoxy groups -OCH3 is 1. The van der Waals surface area contributed by atoms with Gasteiger partial charge in [-0.25, -0.2) is 0 Å². The van der Waals surface area contributed by atoms with Crippen molar-refractivity contribution in [3.8, 4) is 17.0 Å². The Kier molecular flexibility index (Phi) is 4.66. The number of rotatable bonds is 4. The smallest absolute Gasteiger partial charge is 0.416 e. The Labute approximate surface area is 146 Å². The van der Waals surface area contributed by atoms with Crippen molar-refractivity contribution in [1.29, 1.82) is 0 Å². The molecular formula is C18H14F3N3O2. The first-order valence-corrected chi connectivity index (χ1v) is 7.55. The Morgan fingerprint density at radius 2 is 1.81 bits per heavy atom. The molecule has 0 aliphatic heterocycles. The third kappa shape index (κ3) is 3.69. The maximum atomic E-state index is 12.6. The van der Waals surface area contributed by atoms with E-state index < -0.39 is 17.3 Å². The number of hydrogen-bond donors (Lipinski definition) is 2. The molecule has 0 atom stereocenters. The third-order valence-electron chi connectivity index (χ3n) is 3.71. The Morgan fingerprint density at radius 3 is 2.46 bits per heavy atom. The number of nitrogens with one attached hydrogen (secondary N) is 2. The van der Waals surface area contributed by atoms with E-state index in [9.17, 15) is 18.0 Å². The lowest BCUT2D eigenvalue weighted by atomic mass is 10.1. The minimum Gasteiger partial charge on any atom is -0.497 e. The summed E-state index contributed by atoms with van der Waals surface area (Å²) in [5, 5.41) is 5.25. The van der Waals surface area contributed by atoms with Gasteiger partial charge in [0.1, 0.15) is 5.75 Å². The summed E-state index contributed by atoms with van der Waals surface area (Å²) < 4.78 is 42.9. The van der Waals surface area contributed by atoms with Gasteiger partial charge in [0.15, 0.2) is 0 Å². The number of alkyl halides is 3. The van der Waals surface area contributed by atoms with Gasteiger partial charge in [-0.1, -0.05) is 12.1 Å².